The van der Waals surface area contributed by atoms with Gasteiger partial charge in [-0.1, -0.05) is 106 Å². The third kappa shape index (κ3) is 7.68. The SMILES string of the molecule is CCCCCCCCCCCCc1c(O)c(C(C)(C)C)cc(C(C)(C)C)c1O. The Hall–Kier alpha value is -1.18. The lowest BCUT2D eigenvalue weighted by Gasteiger charge is -2.29. The van der Waals surface area contributed by atoms with Crippen LogP contribution in [-0.2, 0) is 17.3 Å². The van der Waals surface area contributed by atoms with Crippen LogP contribution in [0.3, 0.4) is 0 Å². The number of rotatable bonds is 11. The summed E-state index contributed by atoms with van der Waals surface area (Å²) >= 11 is 0. The summed E-state index contributed by atoms with van der Waals surface area (Å²) in [5, 5.41) is 21.8. The Morgan fingerprint density at radius 2 is 0.964 bits per heavy atom. The molecule has 0 saturated carbocycles. The van der Waals surface area contributed by atoms with Gasteiger partial charge in [0.05, 0.1) is 0 Å². The van der Waals surface area contributed by atoms with Crippen molar-refractivity contribution in [1.29, 1.82) is 0 Å². The molecule has 0 spiro atoms. The van der Waals surface area contributed by atoms with Crippen LogP contribution in [-0.4, -0.2) is 10.2 Å². The van der Waals surface area contributed by atoms with Crippen molar-refractivity contribution in [2.75, 3.05) is 0 Å². The second-order valence-corrected chi connectivity index (χ2v) is 10.6. The third-order valence-corrected chi connectivity index (χ3v) is 5.77. The molecule has 0 bridgehead atoms. The maximum Gasteiger partial charge on any atom is 0.126 e. The molecule has 0 aliphatic carbocycles. The maximum atomic E-state index is 10.9. The average Bonchev–Trinajstić information content (AvgIpc) is 2.56. The minimum atomic E-state index is -0.149. The average molecular weight is 391 g/mol. The molecule has 0 atom stereocenters. The molecule has 0 saturated heterocycles. The highest BCUT2D eigenvalue weighted by atomic mass is 16.3. The van der Waals surface area contributed by atoms with Crippen LogP contribution in [0.15, 0.2) is 6.07 Å². The number of phenols is 2. The fraction of sp³-hybridized carbons (Fsp3) is 0.769. The van der Waals surface area contributed by atoms with Gasteiger partial charge >= 0.3 is 0 Å². The smallest absolute Gasteiger partial charge is 0.126 e. The van der Waals surface area contributed by atoms with Crippen molar-refractivity contribution in [3.8, 4) is 11.5 Å². The Morgan fingerprint density at radius 1 is 0.607 bits per heavy atom. The topological polar surface area (TPSA) is 40.5 Å². The molecule has 2 nitrogen and oxygen atoms in total. The van der Waals surface area contributed by atoms with E-state index >= 15 is 0 Å². The first-order valence-electron chi connectivity index (χ1n) is 11.6. The van der Waals surface area contributed by atoms with Gasteiger partial charge < -0.3 is 10.2 Å². The Labute approximate surface area is 174 Å². The Bertz CT molecular complexity index is 550. The van der Waals surface area contributed by atoms with E-state index < -0.39 is 0 Å². The first-order valence-corrected chi connectivity index (χ1v) is 11.6. The number of phenolic OH excluding ortho intramolecular Hbond substituents is 2. The van der Waals surface area contributed by atoms with Crippen LogP contribution in [0.4, 0.5) is 0 Å². The standard InChI is InChI=1S/C26H46O2/c1-8-9-10-11-12-13-14-15-16-17-18-20-23(27)21(25(2,3)4)19-22(24(20)28)26(5,6)7/h19,27-28H,8-18H2,1-7H3. The van der Waals surface area contributed by atoms with Gasteiger partial charge in [0.25, 0.3) is 0 Å². The van der Waals surface area contributed by atoms with Crippen molar-refractivity contribution in [1.82, 2.24) is 0 Å². The first-order chi connectivity index (χ1) is 13.0. The zero-order valence-electron chi connectivity index (χ0n) is 19.7. The minimum absolute atomic E-state index is 0.149. The van der Waals surface area contributed by atoms with Crippen LogP contribution in [0.1, 0.15) is 129 Å². The highest BCUT2D eigenvalue weighted by Crippen LogP contribution is 2.44. The van der Waals surface area contributed by atoms with Crippen molar-refractivity contribution in [2.45, 2.75) is 130 Å². The third-order valence-electron chi connectivity index (χ3n) is 5.77. The number of benzene rings is 1. The van der Waals surface area contributed by atoms with E-state index in [4.69, 9.17) is 0 Å². The monoisotopic (exact) mass is 390 g/mol. The van der Waals surface area contributed by atoms with Gasteiger partial charge in [-0.25, -0.2) is 0 Å². The Kier molecular flexibility index (Phi) is 9.87. The van der Waals surface area contributed by atoms with E-state index in [2.05, 4.69) is 48.5 Å². The van der Waals surface area contributed by atoms with Gasteiger partial charge in [0, 0.05) is 16.7 Å². The lowest BCUT2D eigenvalue weighted by molar-refractivity contribution is 0.405. The molecule has 28 heavy (non-hydrogen) atoms. The molecule has 0 amide bonds. The zero-order valence-corrected chi connectivity index (χ0v) is 19.7. The quantitative estimate of drug-likeness (QED) is 0.374. The minimum Gasteiger partial charge on any atom is -0.507 e. The van der Waals surface area contributed by atoms with Gasteiger partial charge in [-0.15, -0.1) is 0 Å². The largest absolute Gasteiger partial charge is 0.507 e. The second-order valence-electron chi connectivity index (χ2n) is 10.6. The van der Waals surface area contributed by atoms with E-state index in [1.54, 1.807) is 0 Å². The Balaban J connectivity index is 2.67. The fourth-order valence-electron chi connectivity index (χ4n) is 3.89. The summed E-state index contributed by atoms with van der Waals surface area (Å²) in [7, 11) is 0. The van der Waals surface area contributed by atoms with E-state index in [1.165, 1.54) is 57.8 Å². The molecular weight excluding hydrogens is 344 g/mol. The summed E-state index contributed by atoms with van der Waals surface area (Å²) in [5.74, 6) is 0.600. The van der Waals surface area contributed by atoms with Gasteiger partial charge in [-0.3, -0.25) is 0 Å². The van der Waals surface area contributed by atoms with Gasteiger partial charge in [-0.2, -0.15) is 0 Å². The molecule has 2 N–H and O–H groups in total. The lowest BCUT2D eigenvalue weighted by Crippen LogP contribution is -2.18. The Morgan fingerprint density at radius 3 is 1.32 bits per heavy atom. The molecular formula is C26H46O2. The number of hydrogen-bond donors (Lipinski definition) is 2. The van der Waals surface area contributed by atoms with E-state index in [-0.39, 0.29) is 10.8 Å². The molecule has 1 aromatic carbocycles. The van der Waals surface area contributed by atoms with Crippen molar-refractivity contribution in [3.05, 3.63) is 22.8 Å². The van der Waals surface area contributed by atoms with Crippen molar-refractivity contribution in [3.63, 3.8) is 0 Å². The number of aromatic hydroxyl groups is 2. The molecule has 1 rings (SSSR count). The predicted octanol–water partition coefficient (Wildman–Crippen LogP) is 8.16. The summed E-state index contributed by atoms with van der Waals surface area (Å²) in [6, 6.07) is 2.01. The number of hydrogen-bond acceptors (Lipinski definition) is 2. The fourth-order valence-corrected chi connectivity index (χ4v) is 3.89. The molecule has 0 heterocycles. The molecule has 162 valence electrons. The van der Waals surface area contributed by atoms with Crippen LogP contribution >= 0.6 is 0 Å². The highest BCUT2D eigenvalue weighted by molar-refractivity contribution is 5.57. The van der Waals surface area contributed by atoms with Crippen molar-refractivity contribution < 1.29 is 10.2 Å². The van der Waals surface area contributed by atoms with Crippen molar-refractivity contribution >= 4 is 0 Å². The van der Waals surface area contributed by atoms with E-state index in [0.29, 0.717) is 11.5 Å². The second kappa shape index (κ2) is 11.1. The molecule has 0 fully saturated rings. The predicted molar refractivity (Wildman–Crippen MR) is 123 cm³/mol. The van der Waals surface area contributed by atoms with E-state index in [0.717, 1.165) is 29.5 Å². The highest BCUT2D eigenvalue weighted by Gasteiger charge is 2.28. The van der Waals surface area contributed by atoms with Gasteiger partial charge in [0.1, 0.15) is 11.5 Å². The number of unbranched alkanes of at least 4 members (excludes halogenated alkanes) is 9. The van der Waals surface area contributed by atoms with Crippen LogP contribution < -0.4 is 0 Å². The van der Waals surface area contributed by atoms with Gasteiger partial charge in [-0.05, 0) is 29.7 Å². The molecule has 0 unspecified atom stereocenters. The molecule has 1 aromatic rings. The van der Waals surface area contributed by atoms with Crippen LogP contribution in [0.2, 0.25) is 0 Å². The maximum absolute atomic E-state index is 10.9. The summed E-state index contributed by atoms with van der Waals surface area (Å²) in [6.07, 6.45) is 13.6. The summed E-state index contributed by atoms with van der Waals surface area (Å²) in [4.78, 5) is 0. The van der Waals surface area contributed by atoms with E-state index in [9.17, 15) is 10.2 Å². The van der Waals surface area contributed by atoms with E-state index in [1.807, 2.05) is 6.07 Å². The zero-order chi connectivity index (χ0) is 21.4. The van der Waals surface area contributed by atoms with Crippen LogP contribution in [0.25, 0.3) is 0 Å². The van der Waals surface area contributed by atoms with Crippen LogP contribution in [0, 0.1) is 0 Å². The molecule has 0 aliphatic rings. The molecule has 0 aromatic heterocycles. The van der Waals surface area contributed by atoms with Crippen LogP contribution in [0.5, 0.6) is 11.5 Å². The van der Waals surface area contributed by atoms with Crippen molar-refractivity contribution in [2.24, 2.45) is 0 Å². The normalized spacial score (nSPS) is 12.5. The summed E-state index contributed by atoms with van der Waals surface area (Å²) < 4.78 is 0. The summed E-state index contributed by atoms with van der Waals surface area (Å²) in [6.45, 7) is 15.0. The molecule has 0 aliphatic heterocycles. The first kappa shape index (κ1) is 24.9. The van der Waals surface area contributed by atoms with Gasteiger partial charge in [0.2, 0.25) is 0 Å². The lowest BCUT2D eigenvalue weighted by atomic mass is 9.77. The van der Waals surface area contributed by atoms with Gasteiger partial charge in [0.15, 0.2) is 0 Å². The molecule has 0 radical (unpaired) electrons. The molecule has 2 heteroatoms. The summed E-state index contributed by atoms with van der Waals surface area (Å²) in [5.41, 5.74) is 2.33.